The minimum Gasteiger partial charge on any atom is -0.381 e. The van der Waals surface area contributed by atoms with E-state index >= 15 is 0 Å². The number of aromatic nitrogens is 4. The van der Waals surface area contributed by atoms with Crippen LogP contribution in [0.4, 0.5) is 16.0 Å². The van der Waals surface area contributed by atoms with E-state index in [-0.39, 0.29) is 28.3 Å². The largest absolute Gasteiger partial charge is 0.381 e. The Balaban J connectivity index is 1.63. The molecule has 0 bridgehead atoms. The number of nitrogens with zero attached hydrogens (tertiary/aromatic N) is 4. The number of imidazole rings is 1. The zero-order valence-electron chi connectivity index (χ0n) is 17.4. The summed E-state index contributed by atoms with van der Waals surface area (Å²) in [5.41, 5.74) is 1.35. The van der Waals surface area contributed by atoms with Gasteiger partial charge < -0.3 is 14.6 Å². The fraction of sp³-hybridized carbons (Fsp3) is 0.381. The zero-order chi connectivity index (χ0) is 22.0. The average molecular weight is 446 g/mol. The molecule has 0 unspecified atom stereocenters. The number of benzene rings is 1. The second-order valence-electron chi connectivity index (χ2n) is 7.35. The van der Waals surface area contributed by atoms with E-state index in [9.17, 15) is 12.8 Å². The quantitative estimate of drug-likeness (QED) is 0.618. The highest BCUT2D eigenvalue weighted by molar-refractivity contribution is 7.91. The topological polar surface area (TPSA) is 99.0 Å². The molecule has 0 amide bonds. The van der Waals surface area contributed by atoms with Crippen molar-refractivity contribution in [1.29, 1.82) is 0 Å². The molecule has 3 aromatic rings. The summed E-state index contributed by atoms with van der Waals surface area (Å²) in [4.78, 5) is 13.0. The Hall–Kier alpha value is -2.85. The van der Waals surface area contributed by atoms with Gasteiger partial charge in [-0.05, 0) is 44.0 Å². The van der Waals surface area contributed by atoms with Crippen molar-refractivity contribution in [3.05, 3.63) is 48.3 Å². The summed E-state index contributed by atoms with van der Waals surface area (Å²) in [6.45, 7) is 4.81. The van der Waals surface area contributed by atoms with Gasteiger partial charge >= 0.3 is 0 Å². The first-order valence-corrected chi connectivity index (χ1v) is 11.8. The van der Waals surface area contributed by atoms with Crippen LogP contribution in [0.5, 0.6) is 0 Å². The van der Waals surface area contributed by atoms with Gasteiger partial charge in [-0.25, -0.2) is 27.8 Å². The molecular formula is C21H24FN5O3S. The minimum absolute atomic E-state index is 0.0322. The van der Waals surface area contributed by atoms with E-state index in [0.29, 0.717) is 24.6 Å². The van der Waals surface area contributed by atoms with Crippen LogP contribution >= 0.6 is 0 Å². The monoisotopic (exact) mass is 445 g/mol. The van der Waals surface area contributed by atoms with E-state index in [1.165, 1.54) is 12.1 Å². The molecule has 0 radical (unpaired) electrons. The van der Waals surface area contributed by atoms with E-state index < -0.39 is 15.7 Å². The molecule has 0 atom stereocenters. The maximum atomic E-state index is 14.7. The van der Waals surface area contributed by atoms with E-state index in [1.807, 2.05) is 11.5 Å². The third kappa shape index (κ3) is 4.45. The van der Waals surface area contributed by atoms with E-state index in [1.54, 1.807) is 25.3 Å². The molecule has 1 aromatic carbocycles. The standard InChI is InChI=1S/C21H24FN5O3S/c1-3-31(28,29)17-6-4-15(5-7-17)25-21-24-12-18(22)20(26-21)19-13-23-14(2)27(19)16-8-10-30-11-9-16/h4-7,12-13,16H,3,8-11H2,1-2H3,(H,24,25,26). The molecular weight excluding hydrogens is 421 g/mol. The van der Waals surface area contributed by atoms with E-state index in [2.05, 4.69) is 20.3 Å². The van der Waals surface area contributed by atoms with Gasteiger partial charge in [0.05, 0.1) is 28.7 Å². The lowest BCUT2D eigenvalue weighted by Crippen LogP contribution is -2.21. The summed E-state index contributed by atoms with van der Waals surface area (Å²) in [5.74, 6) is 0.495. The summed E-state index contributed by atoms with van der Waals surface area (Å²) in [6.07, 6.45) is 4.41. The van der Waals surface area contributed by atoms with Gasteiger partial charge in [-0.2, -0.15) is 0 Å². The van der Waals surface area contributed by atoms with E-state index in [4.69, 9.17) is 4.74 Å². The first-order valence-electron chi connectivity index (χ1n) is 10.1. The van der Waals surface area contributed by atoms with Gasteiger partial charge in [0.2, 0.25) is 5.95 Å². The lowest BCUT2D eigenvalue weighted by molar-refractivity contribution is 0.0694. The molecule has 31 heavy (non-hydrogen) atoms. The van der Waals surface area contributed by atoms with Crippen LogP contribution in [0.15, 0.2) is 41.6 Å². The number of anilines is 2. The normalized spacial score (nSPS) is 15.2. The van der Waals surface area contributed by atoms with Crippen LogP contribution in [0.25, 0.3) is 11.4 Å². The fourth-order valence-corrected chi connectivity index (χ4v) is 4.57. The Bertz CT molecular complexity index is 1170. The molecule has 0 spiro atoms. The molecule has 0 saturated carbocycles. The minimum atomic E-state index is -3.28. The summed E-state index contributed by atoms with van der Waals surface area (Å²) in [5, 5.41) is 3.01. The van der Waals surface area contributed by atoms with Gasteiger partial charge in [0.1, 0.15) is 11.5 Å². The summed E-state index contributed by atoms with van der Waals surface area (Å²) < 4.78 is 46.1. The molecule has 164 valence electrons. The highest BCUT2D eigenvalue weighted by atomic mass is 32.2. The molecule has 10 heteroatoms. The number of ether oxygens (including phenoxy) is 1. The van der Waals surface area contributed by atoms with Crippen molar-refractivity contribution in [2.75, 3.05) is 24.3 Å². The number of hydrogen-bond donors (Lipinski definition) is 1. The summed E-state index contributed by atoms with van der Waals surface area (Å²) in [6, 6.07) is 6.48. The van der Waals surface area contributed by atoms with Gasteiger partial charge in [0, 0.05) is 24.9 Å². The van der Waals surface area contributed by atoms with Gasteiger partial charge in [-0.1, -0.05) is 6.92 Å². The molecule has 1 N–H and O–H groups in total. The Morgan fingerprint density at radius 1 is 1.16 bits per heavy atom. The Morgan fingerprint density at radius 3 is 2.55 bits per heavy atom. The van der Waals surface area contributed by atoms with Gasteiger partial charge in [-0.3, -0.25) is 0 Å². The van der Waals surface area contributed by atoms with Crippen LogP contribution in [0.2, 0.25) is 0 Å². The van der Waals surface area contributed by atoms with Crippen molar-refractivity contribution in [2.45, 2.75) is 37.6 Å². The number of halogens is 1. The summed E-state index contributed by atoms with van der Waals surface area (Å²) >= 11 is 0. The van der Waals surface area contributed by atoms with Crippen LogP contribution < -0.4 is 5.32 Å². The Morgan fingerprint density at radius 2 is 1.87 bits per heavy atom. The van der Waals surface area contributed by atoms with E-state index in [0.717, 1.165) is 24.9 Å². The van der Waals surface area contributed by atoms with Gasteiger partial charge in [0.15, 0.2) is 15.7 Å². The molecule has 4 rings (SSSR count). The van der Waals surface area contributed by atoms with Crippen molar-refractivity contribution in [2.24, 2.45) is 0 Å². The molecule has 3 heterocycles. The Labute approximate surface area is 180 Å². The van der Waals surface area contributed by atoms with Gasteiger partial charge in [0.25, 0.3) is 0 Å². The number of nitrogens with one attached hydrogen (secondary N) is 1. The molecule has 1 fully saturated rings. The molecule has 8 nitrogen and oxygen atoms in total. The second-order valence-corrected chi connectivity index (χ2v) is 9.63. The predicted molar refractivity (Wildman–Crippen MR) is 114 cm³/mol. The molecule has 2 aromatic heterocycles. The predicted octanol–water partition coefficient (Wildman–Crippen LogP) is 3.68. The van der Waals surface area contributed by atoms with Gasteiger partial charge in [-0.15, -0.1) is 0 Å². The molecule has 0 aliphatic carbocycles. The van der Waals surface area contributed by atoms with Crippen LogP contribution in [0.1, 0.15) is 31.6 Å². The summed E-state index contributed by atoms with van der Waals surface area (Å²) in [7, 11) is -3.28. The highest BCUT2D eigenvalue weighted by Crippen LogP contribution is 2.31. The first-order chi connectivity index (χ1) is 14.9. The lowest BCUT2D eigenvalue weighted by atomic mass is 10.1. The average Bonchev–Trinajstić information content (AvgIpc) is 3.17. The van der Waals surface area contributed by atoms with Crippen LogP contribution in [-0.2, 0) is 14.6 Å². The number of sulfone groups is 1. The van der Waals surface area contributed by atoms with Crippen molar-refractivity contribution in [1.82, 2.24) is 19.5 Å². The lowest BCUT2D eigenvalue weighted by Gasteiger charge is -2.26. The molecule has 1 aliphatic heterocycles. The number of aryl methyl sites for hydroxylation is 1. The SMILES string of the molecule is CCS(=O)(=O)c1ccc(Nc2ncc(F)c(-c3cnc(C)n3C3CCOCC3)n2)cc1. The zero-order valence-corrected chi connectivity index (χ0v) is 18.2. The molecule has 1 aliphatic rings. The maximum Gasteiger partial charge on any atom is 0.227 e. The fourth-order valence-electron chi connectivity index (χ4n) is 3.68. The number of rotatable bonds is 6. The second kappa shape index (κ2) is 8.72. The maximum absolute atomic E-state index is 14.7. The Kier molecular flexibility index (Phi) is 6.01. The van der Waals surface area contributed by atoms with Crippen molar-refractivity contribution in [3.63, 3.8) is 0 Å². The van der Waals surface area contributed by atoms with Crippen molar-refractivity contribution >= 4 is 21.5 Å². The van der Waals surface area contributed by atoms with Crippen LogP contribution in [-0.4, -0.2) is 46.9 Å². The van der Waals surface area contributed by atoms with Crippen molar-refractivity contribution in [3.8, 4) is 11.4 Å². The third-order valence-electron chi connectivity index (χ3n) is 5.37. The van der Waals surface area contributed by atoms with Crippen LogP contribution in [0.3, 0.4) is 0 Å². The third-order valence-corrected chi connectivity index (χ3v) is 7.12. The highest BCUT2D eigenvalue weighted by Gasteiger charge is 2.23. The first kappa shape index (κ1) is 21.4. The van der Waals surface area contributed by atoms with Crippen LogP contribution in [0, 0.1) is 12.7 Å². The van der Waals surface area contributed by atoms with Crippen molar-refractivity contribution < 1.29 is 17.5 Å². The number of hydrogen-bond acceptors (Lipinski definition) is 7. The smallest absolute Gasteiger partial charge is 0.227 e. The molecule has 1 saturated heterocycles.